The van der Waals surface area contributed by atoms with Crippen molar-refractivity contribution in [3.8, 4) is 5.75 Å². The molecule has 3 aromatic carbocycles. The Balaban J connectivity index is 1.55. The third-order valence-corrected chi connectivity index (χ3v) is 4.48. The van der Waals surface area contributed by atoms with E-state index in [9.17, 15) is 4.79 Å². The normalized spacial score (nSPS) is 10.4. The fourth-order valence-corrected chi connectivity index (χ4v) is 3.18. The Labute approximate surface area is 166 Å². The van der Waals surface area contributed by atoms with Gasteiger partial charge in [-0.2, -0.15) is 0 Å². The number of ether oxygens (including phenoxy) is 1. The van der Waals surface area contributed by atoms with E-state index in [2.05, 4.69) is 29.7 Å². The third-order valence-electron chi connectivity index (χ3n) is 4.48. The summed E-state index contributed by atoms with van der Waals surface area (Å²) >= 11 is 0. The lowest BCUT2D eigenvalue weighted by atomic mass is 10.1. The molecule has 0 aromatic heterocycles. The molecule has 0 aliphatic carbocycles. The van der Waals surface area contributed by atoms with E-state index in [1.54, 1.807) is 0 Å². The van der Waals surface area contributed by atoms with Crippen LogP contribution < -0.4 is 15.4 Å². The van der Waals surface area contributed by atoms with Crippen LogP contribution in [0.4, 0.5) is 11.4 Å². The monoisotopic (exact) mass is 374 g/mol. The molecule has 0 saturated heterocycles. The highest BCUT2D eigenvalue weighted by atomic mass is 16.5. The first-order valence-electron chi connectivity index (χ1n) is 9.39. The zero-order valence-corrected chi connectivity index (χ0v) is 16.6. The largest absolute Gasteiger partial charge is 0.489 e. The van der Waals surface area contributed by atoms with Crippen molar-refractivity contribution in [2.24, 2.45) is 0 Å². The van der Waals surface area contributed by atoms with Crippen LogP contribution in [0.1, 0.15) is 22.3 Å². The number of amides is 1. The van der Waals surface area contributed by atoms with E-state index in [0.29, 0.717) is 6.61 Å². The standard InChI is InChI=1S/C24H26N2O2/c1-17-12-18(2)24(19(3)13-17)26-23(27)15-25-21-10-7-11-22(14-21)28-16-20-8-5-4-6-9-20/h4-14,25H,15-16H2,1-3H3,(H,26,27). The van der Waals surface area contributed by atoms with Crippen molar-refractivity contribution in [3.63, 3.8) is 0 Å². The van der Waals surface area contributed by atoms with Crippen LogP contribution in [0.15, 0.2) is 66.7 Å². The van der Waals surface area contributed by atoms with Gasteiger partial charge >= 0.3 is 0 Å². The summed E-state index contributed by atoms with van der Waals surface area (Å²) in [4.78, 5) is 12.4. The summed E-state index contributed by atoms with van der Waals surface area (Å²) in [7, 11) is 0. The van der Waals surface area contributed by atoms with E-state index in [-0.39, 0.29) is 12.5 Å². The van der Waals surface area contributed by atoms with Crippen molar-refractivity contribution < 1.29 is 9.53 Å². The van der Waals surface area contributed by atoms with Gasteiger partial charge in [-0.05, 0) is 49.6 Å². The van der Waals surface area contributed by atoms with E-state index in [1.165, 1.54) is 5.56 Å². The van der Waals surface area contributed by atoms with Crippen LogP contribution in [0.3, 0.4) is 0 Å². The Bertz CT molecular complexity index is 929. The molecule has 0 spiro atoms. The van der Waals surface area contributed by atoms with E-state index < -0.39 is 0 Å². The molecule has 3 rings (SSSR count). The van der Waals surface area contributed by atoms with Gasteiger partial charge in [0.1, 0.15) is 12.4 Å². The smallest absolute Gasteiger partial charge is 0.243 e. The molecule has 0 atom stereocenters. The van der Waals surface area contributed by atoms with Gasteiger partial charge < -0.3 is 15.4 Å². The molecular formula is C24H26N2O2. The SMILES string of the molecule is Cc1cc(C)c(NC(=O)CNc2cccc(OCc3ccccc3)c2)c(C)c1. The lowest BCUT2D eigenvalue weighted by Crippen LogP contribution is -2.22. The van der Waals surface area contributed by atoms with Crippen LogP contribution in [0, 0.1) is 20.8 Å². The van der Waals surface area contributed by atoms with Crippen molar-refractivity contribution in [2.45, 2.75) is 27.4 Å². The molecule has 4 nitrogen and oxygen atoms in total. The zero-order chi connectivity index (χ0) is 19.9. The van der Waals surface area contributed by atoms with Gasteiger partial charge in [0.25, 0.3) is 0 Å². The maximum atomic E-state index is 12.4. The summed E-state index contributed by atoms with van der Waals surface area (Å²) in [6.45, 7) is 6.78. The molecule has 0 aliphatic heterocycles. The summed E-state index contributed by atoms with van der Waals surface area (Å²) in [5.41, 5.74) is 6.18. The van der Waals surface area contributed by atoms with Gasteiger partial charge in [-0.3, -0.25) is 4.79 Å². The van der Waals surface area contributed by atoms with Gasteiger partial charge in [0.2, 0.25) is 5.91 Å². The lowest BCUT2D eigenvalue weighted by molar-refractivity contribution is -0.114. The fourth-order valence-electron chi connectivity index (χ4n) is 3.18. The topological polar surface area (TPSA) is 50.4 Å². The van der Waals surface area contributed by atoms with Crippen LogP contribution in [-0.2, 0) is 11.4 Å². The molecule has 4 heteroatoms. The lowest BCUT2D eigenvalue weighted by Gasteiger charge is -2.14. The van der Waals surface area contributed by atoms with E-state index >= 15 is 0 Å². The number of benzene rings is 3. The maximum Gasteiger partial charge on any atom is 0.243 e. The van der Waals surface area contributed by atoms with Gasteiger partial charge in [0, 0.05) is 17.4 Å². The fraction of sp³-hybridized carbons (Fsp3) is 0.208. The highest BCUT2D eigenvalue weighted by Crippen LogP contribution is 2.22. The predicted molar refractivity (Wildman–Crippen MR) is 115 cm³/mol. The minimum Gasteiger partial charge on any atom is -0.489 e. The Morgan fingerprint density at radius 2 is 1.61 bits per heavy atom. The number of hydrogen-bond donors (Lipinski definition) is 2. The number of carbonyl (C=O) groups is 1. The van der Waals surface area contributed by atoms with E-state index in [1.807, 2.05) is 68.4 Å². The molecule has 0 fully saturated rings. The Morgan fingerprint density at radius 1 is 0.893 bits per heavy atom. The predicted octanol–water partition coefficient (Wildman–Crippen LogP) is 5.24. The van der Waals surface area contributed by atoms with Crippen molar-refractivity contribution in [3.05, 3.63) is 89.0 Å². The van der Waals surface area contributed by atoms with Gasteiger partial charge in [-0.25, -0.2) is 0 Å². The third kappa shape index (κ3) is 5.36. The summed E-state index contributed by atoms with van der Waals surface area (Å²) in [6, 6.07) is 21.8. The molecule has 2 N–H and O–H groups in total. The number of anilines is 2. The average Bonchev–Trinajstić information content (AvgIpc) is 2.69. The highest BCUT2D eigenvalue weighted by Gasteiger charge is 2.08. The molecule has 144 valence electrons. The molecule has 28 heavy (non-hydrogen) atoms. The second kappa shape index (κ2) is 9.09. The highest BCUT2D eigenvalue weighted by molar-refractivity contribution is 5.95. The number of nitrogens with one attached hydrogen (secondary N) is 2. The van der Waals surface area contributed by atoms with Crippen LogP contribution in [-0.4, -0.2) is 12.5 Å². The molecule has 0 aliphatic rings. The van der Waals surface area contributed by atoms with Crippen molar-refractivity contribution in [1.82, 2.24) is 0 Å². The number of rotatable bonds is 7. The number of hydrogen-bond acceptors (Lipinski definition) is 3. The van der Waals surface area contributed by atoms with Gasteiger partial charge in [-0.1, -0.05) is 54.1 Å². The van der Waals surface area contributed by atoms with Crippen LogP contribution in [0.25, 0.3) is 0 Å². The number of carbonyl (C=O) groups excluding carboxylic acids is 1. The van der Waals surface area contributed by atoms with Crippen molar-refractivity contribution in [2.75, 3.05) is 17.2 Å². The van der Waals surface area contributed by atoms with Gasteiger partial charge in [0.15, 0.2) is 0 Å². The Hall–Kier alpha value is -3.27. The average molecular weight is 374 g/mol. The van der Waals surface area contributed by atoms with E-state index in [4.69, 9.17) is 4.74 Å². The molecule has 0 radical (unpaired) electrons. The first kappa shape index (κ1) is 19.5. The van der Waals surface area contributed by atoms with Crippen molar-refractivity contribution in [1.29, 1.82) is 0 Å². The Kier molecular flexibility index (Phi) is 6.33. The van der Waals surface area contributed by atoms with E-state index in [0.717, 1.165) is 33.8 Å². The molecule has 0 saturated carbocycles. The molecular weight excluding hydrogens is 348 g/mol. The summed E-state index contributed by atoms with van der Waals surface area (Å²) in [5.74, 6) is 0.685. The van der Waals surface area contributed by atoms with Crippen LogP contribution in [0.2, 0.25) is 0 Å². The maximum absolute atomic E-state index is 12.4. The first-order chi connectivity index (χ1) is 13.5. The van der Waals surface area contributed by atoms with Crippen molar-refractivity contribution >= 4 is 17.3 Å². The minimum atomic E-state index is -0.0781. The van der Waals surface area contributed by atoms with Gasteiger partial charge in [0.05, 0.1) is 6.54 Å². The minimum absolute atomic E-state index is 0.0781. The molecule has 1 amide bonds. The van der Waals surface area contributed by atoms with Crippen LogP contribution in [0.5, 0.6) is 5.75 Å². The Morgan fingerprint density at radius 3 is 2.32 bits per heavy atom. The molecule has 0 heterocycles. The first-order valence-corrected chi connectivity index (χ1v) is 9.39. The summed E-state index contributed by atoms with van der Waals surface area (Å²) in [6.07, 6.45) is 0. The van der Waals surface area contributed by atoms with Gasteiger partial charge in [-0.15, -0.1) is 0 Å². The molecule has 0 bridgehead atoms. The van der Waals surface area contributed by atoms with Crippen LogP contribution >= 0.6 is 0 Å². The zero-order valence-electron chi connectivity index (χ0n) is 16.6. The summed E-state index contributed by atoms with van der Waals surface area (Å²) < 4.78 is 5.84. The molecule has 3 aromatic rings. The quantitative estimate of drug-likeness (QED) is 0.594. The number of aryl methyl sites for hydroxylation is 3. The summed E-state index contributed by atoms with van der Waals surface area (Å²) in [5, 5.41) is 6.17. The second-order valence-electron chi connectivity index (χ2n) is 6.98. The molecule has 0 unspecified atom stereocenters. The second-order valence-corrected chi connectivity index (χ2v) is 6.98.